The van der Waals surface area contributed by atoms with Crippen LogP contribution in [0.25, 0.3) is 0 Å². The SMILES string of the molecule is [B]c1ccc(I)c(CC(=O)O)c1. The Balaban J connectivity index is 2.97. The Bertz CT molecular complexity index is 312. The summed E-state index contributed by atoms with van der Waals surface area (Å²) in [5.74, 6) is -0.835. The van der Waals surface area contributed by atoms with Gasteiger partial charge in [-0.15, -0.1) is 0 Å². The maximum absolute atomic E-state index is 10.4. The Hall–Kier alpha value is -0.515. The third-order valence-electron chi connectivity index (χ3n) is 1.41. The van der Waals surface area contributed by atoms with E-state index in [0.29, 0.717) is 5.46 Å². The summed E-state index contributed by atoms with van der Waals surface area (Å²) in [7, 11) is 5.51. The fourth-order valence-electron chi connectivity index (χ4n) is 0.893. The van der Waals surface area contributed by atoms with Crippen LogP contribution in [0.2, 0.25) is 0 Å². The van der Waals surface area contributed by atoms with Crippen molar-refractivity contribution in [3.8, 4) is 0 Å². The van der Waals surface area contributed by atoms with Gasteiger partial charge in [-0.1, -0.05) is 17.6 Å². The van der Waals surface area contributed by atoms with Crippen LogP contribution >= 0.6 is 22.6 Å². The van der Waals surface area contributed by atoms with Crippen LogP contribution in [0, 0.1) is 3.57 Å². The van der Waals surface area contributed by atoms with Gasteiger partial charge in [0.15, 0.2) is 0 Å². The maximum Gasteiger partial charge on any atom is 0.307 e. The standard InChI is InChI=1S/C8H6BIO2/c9-6-1-2-7(10)5(3-6)4-8(11)12/h1-3H,4H2,(H,11,12). The first-order valence-corrected chi connectivity index (χ1v) is 4.43. The number of rotatable bonds is 2. The minimum Gasteiger partial charge on any atom is -0.481 e. The summed E-state index contributed by atoms with van der Waals surface area (Å²) in [5.41, 5.74) is 1.37. The number of carboxylic acids is 1. The first-order chi connectivity index (χ1) is 5.59. The van der Waals surface area contributed by atoms with Gasteiger partial charge in [0.1, 0.15) is 7.85 Å². The molecule has 1 aromatic carbocycles. The first-order valence-electron chi connectivity index (χ1n) is 3.35. The van der Waals surface area contributed by atoms with Gasteiger partial charge < -0.3 is 5.11 Å². The molecule has 0 unspecified atom stereocenters. The molecule has 0 aromatic heterocycles. The van der Waals surface area contributed by atoms with Crippen LogP contribution in [-0.2, 0) is 11.2 Å². The molecule has 1 aromatic rings. The zero-order chi connectivity index (χ0) is 9.14. The number of hydrogen-bond donors (Lipinski definition) is 1. The molecule has 0 atom stereocenters. The van der Waals surface area contributed by atoms with Crippen LogP contribution in [0.15, 0.2) is 18.2 Å². The Labute approximate surface area is 85.5 Å². The van der Waals surface area contributed by atoms with Crippen molar-refractivity contribution in [2.75, 3.05) is 0 Å². The average molecular weight is 272 g/mol. The predicted octanol–water partition coefficient (Wildman–Crippen LogP) is 0.712. The monoisotopic (exact) mass is 272 g/mol. The molecular formula is C8H6BIO2. The highest BCUT2D eigenvalue weighted by Crippen LogP contribution is 2.10. The van der Waals surface area contributed by atoms with Crippen molar-refractivity contribution in [1.29, 1.82) is 0 Å². The molecule has 0 heterocycles. The predicted molar refractivity (Wildman–Crippen MR) is 55.9 cm³/mol. The number of benzene rings is 1. The molecule has 2 nitrogen and oxygen atoms in total. The topological polar surface area (TPSA) is 37.3 Å². The Kier molecular flexibility index (Phi) is 3.14. The van der Waals surface area contributed by atoms with E-state index in [1.807, 2.05) is 6.07 Å². The molecule has 12 heavy (non-hydrogen) atoms. The first kappa shape index (κ1) is 9.57. The van der Waals surface area contributed by atoms with Gasteiger partial charge >= 0.3 is 5.97 Å². The van der Waals surface area contributed by atoms with Crippen molar-refractivity contribution in [1.82, 2.24) is 0 Å². The summed E-state index contributed by atoms with van der Waals surface area (Å²) < 4.78 is 0.934. The van der Waals surface area contributed by atoms with Crippen LogP contribution in [0.1, 0.15) is 5.56 Å². The third-order valence-corrected chi connectivity index (χ3v) is 2.46. The fourth-order valence-corrected chi connectivity index (χ4v) is 1.42. The van der Waals surface area contributed by atoms with Crippen LogP contribution in [0.3, 0.4) is 0 Å². The lowest BCUT2D eigenvalue weighted by Gasteiger charge is -2.02. The Morgan fingerprint density at radius 3 is 2.83 bits per heavy atom. The quantitative estimate of drug-likeness (QED) is 0.636. The van der Waals surface area contributed by atoms with E-state index in [4.69, 9.17) is 13.0 Å². The molecule has 1 rings (SSSR count). The zero-order valence-corrected chi connectivity index (χ0v) is 8.41. The van der Waals surface area contributed by atoms with Crippen molar-refractivity contribution in [2.45, 2.75) is 6.42 Å². The summed E-state index contributed by atoms with van der Waals surface area (Å²) in [4.78, 5) is 10.4. The molecule has 0 aliphatic carbocycles. The Morgan fingerprint density at radius 2 is 2.25 bits per heavy atom. The van der Waals surface area contributed by atoms with Crippen LogP contribution in [-0.4, -0.2) is 18.9 Å². The molecule has 2 radical (unpaired) electrons. The van der Waals surface area contributed by atoms with Crippen molar-refractivity contribution in [2.24, 2.45) is 0 Å². The smallest absolute Gasteiger partial charge is 0.307 e. The molecule has 0 fully saturated rings. The molecule has 4 heteroatoms. The number of carbonyl (C=O) groups is 1. The summed E-state index contributed by atoms with van der Waals surface area (Å²) in [6.07, 6.45) is 0.0311. The van der Waals surface area contributed by atoms with Gasteiger partial charge in [-0.05, 0) is 34.2 Å². The second kappa shape index (κ2) is 3.93. The second-order valence-corrected chi connectivity index (χ2v) is 3.58. The zero-order valence-electron chi connectivity index (χ0n) is 6.25. The lowest BCUT2D eigenvalue weighted by Crippen LogP contribution is -2.08. The van der Waals surface area contributed by atoms with E-state index in [-0.39, 0.29) is 6.42 Å². The second-order valence-electron chi connectivity index (χ2n) is 2.42. The molecule has 0 aliphatic heterocycles. The van der Waals surface area contributed by atoms with E-state index in [1.165, 1.54) is 0 Å². The highest BCUT2D eigenvalue weighted by molar-refractivity contribution is 14.1. The van der Waals surface area contributed by atoms with Crippen molar-refractivity contribution in [3.05, 3.63) is 27.3 Å². The molecular weight excluding hydrogens is 266 g/mol. The summed E-state index contributed by atoms with van der Waals surface area (Å²) in [6.45, 7) is 0. The van der Waals surface area contributed by atoms with Crippen LogP contribution in [0.4, 0.5) is 0 Å². The van der Waals surface area contributed by atoms with Gasteiger partial charge in [0.2, 0.25) is 0 Å². The minimum absolute atomic E-state index is 0.0311. The van der Waals surface area contributed by atoms with Crippen molar-refractivity contribution in [3.63, 3.8) is 0 Å². The molecule has 0 amide bonds. The van der Waals surface area contributed by atoms with E-state index >= 15 is 0 Å². The Morgan fingerprint density at radius 1 is 1.58 bits per heavy atom. The number of hydrogen-bond acceptors (Lipinski definition) is 1. The molecule has 0 aliphatic rings. The molecule has 0 spiro atoms. The number of halogens is 1. The minimum atomic E-state index is -0.835. The van der Waals surface area contributed by atoms with Gasteiger partial charge in [-0.2, -0.15) is 0 Å². The van der Waals surface area contributed by atoms with Gasteiger partial charge in [0, 0.05) is 3.57 Å². The van der Waals surface area contributed by atoms with E-state index in [0.717, 1.165) is 9.13 Å². The average Bonchev–Trinajstić information content (AvgIpc) is 1.96. The van der Waals surface area contributed by atoms with Gasteiger partial charge in [-0.25, -0.2) is 0 Å². The van der Waals surface area contributed by atoms with E-state index in [9.17, 15) is 4.79 Å². The summed E-state index contributed by atoms with van der Waals surface area (Å²) in [6, 6.07) is 5.26. The van der Waals surface area contributed by atoms with Crippen LogP contribution < -0.4 is 5.46 Å². The van der Waals surface area contributed by atoms with E-state index in [1.54, 1.807) is 12.1 Å². The third kappa shape index (κ3) is 2.51. The molecule has 0 saturated heterocycles. The van der Waals surface area contributed by atoms with Crippen molar-refractivity contribution < 1.29 is 9.90 Å². The maximum atomic E-state index is 10.4. The molecule has 0 bridgehead atoms. The lowest BCUT2D eigenvalue weighted by molar-refractivity contribution is -0.136. The lowest BCUT2D eigenvalue weighted by atomic mass is 9.94. The largest absolute Gasteiger partial charge is 0.481 e. The molecule has 0 saturated carbocycles. The molecule has 1 N–H and O–H groups in total. The summed E-state index contributed by atoms with van der Waals surface area (Å²) in [5, 5.41) is 8.54. The highest BCUT2D eigenvalue weighted by Gasteiger charge is 2.03. The van der Waals surface area contributed by atoms with E-state index < -0.39 is 5.97 Å². The number of aliphatic carboxylic acids is 1. The fraction of sp³-hybridized carbons (Fsp3) is 0.125. The van der Waals surface area contributed by atoms with Crippen LogP contribution in [0.5, 0.6) is 0 Å². The molecule has 60 valence electrons. The normalized spacial score (nSPS) is 9.75. The van der Waals surface area contributed by atoms with Gasteiger partial charge in [-0.3, -0.25) is 4.79 Å². The van der Waals surface area contributed by atoms with Gasteiger partial charge in [0.25, 0.3) is 0 Å². The van der Waals surface area contributed by atoms with Gasteiger partial charge in [0.05, 0.1) is 6.42 Å². The van der Waals surface area contributed by atoms with Crippen molar-refractivity contribution >= 4 is 41.9 Å². The van der Waals surface area contributed by atoms with E-state index in [2.05, 4.69) is 22.6 Å². The summed E-state index contributed by atoms with van der Waals surface area (Å²) >= 11 is 2.09. The highest BCUT2D eigenvalue weighted by atomic mass is 127. The number of carboxylic acid groups (broad SMARTS) is 1.